The van der Waals surface area contributed by atoms with Gasteiger partial charge >= 0.3 is 0 Å². The predicted molar refractivity (Wildman–Crippen MR) is 90.9 cm³/mol. The SMILES string of the molecule is Cn1ncc(N2CCN(C(=O)[C@H](O)C3CCCCC3)CC2)cc1=O. The Balaban J connectivity index is 1.56. The highest BCUT2D eigenvalue weighted by molar-refractivity contribution is 5.81. The molecule has 2 fully saturated rings. The van der Waals surface area contributed by atoms with E-state index in [1.54, 1.807) is 24.2 Å². The number of hydrogen-bond acceptors (Lipinski definition) is 5. The van der Waals surface area contributed by atoms with Gasteiger partial charge in [0, 0.05) is 39.3 Å². The summed E-state index contributed by atoms with van der Waals surface area (Å²) in [4.78, 5) is 28.0. The van der Waals surface area contributed by atoms with Gasteiger partial charge in [0.1, 0.15) is 6.10 Å². The Morgan fingerprint density at radius 2 is 1.88 bits per heavy atom. The number of amides is 1. The van der Waals surface area contributed by atoms with Crippen molar-refractivity contribution < 1.29 is 9.90 Å². The van der Waals surface area contributed by atoms with Gasteiger partial charge in [0.15, 0.2) is 0 Å². The second-order valence-electron chi connectivity index (χ2n) is 6.83. The first-order valence-corrected chi connectivity index (χ1v) is 8.81. The van der Waals surface area contributed by atoms with Gasteiger partial charge in [-0.2, -0.15) is 5.10 Å². The Morgan fingerprint density at radius 1 is 1.21 bits per heavy atom. The zero-order valence-corrected chi connectivity index (χ0v) is 14.2. The van der Waals surface area contributed by atoms with E-state index in [1.165, 1.54) is 11.1 Å². The number of aromatic nitrogens is 2. The van der Waals surface area contributed by atoms with E-state index < -0.39 is 6.10 Å². The molecule has 2 heterocycles. The van der Waals surface area contributed by atoms with Crippen LogP contribution in [-0.2, 0) is 11.8 Å². The van der Waals surface area contributed by atoms with Gasteiger partial charge in [-0.1, -0.05) is 19.3 Å². The van der Waals surface area contributed by atoms with Gasteiger partial charge in [0.05, 0.1) is 11.9 Å². The quantitative estimate of drug-likeness (QED) is 0.864. The topological polar surface area (TPSA) is 78.7 Å². The number of anilines is 1. The number of carbonyl (C=O) groups excluding carboxylic acids is 1. The molecule has 3 rings (SSSR count). The van der Waals surface area contributed by atoms with Crippen molar-refractivity contribution in [2.24, 2.45) is 13.0 Å². The third kappa shape index (κ3) is 3.61. The Morgan fingerprint density at radius 3 is 2.50 bits per heavy atom. The zero-order chi connectivity index (χ0) is 17.1. The van der Waals surface area contributed by atoms with Crippen molar-refractivity contribution in [1.82, 2.24) is 14.7 Å². The molecule has 1 aromatic heterocycles. The minimum atomic E-state index is -0.859. The molecule has 1 aromatic rings. The Kier molecular flexibility index (Phi) is 5.18. The Hall–Kier alpha value is -1.89. The number of nitrogens with zero attached hydrogens (tertiary/aromatic N) is 4. The summed E-state index contributed by atoms with van der Waals surface area (Å²) in [6.07, 6.45) is 6.15. The second-order valence-corrected chi connectivity index (χ2v) is 6.83. The first kappa shape index (κ1) is 17.0. The predicted octanol–water partition coefficient (Wildman–Crippen LogP) is 0.370. The zero-order valence-electron chi connectivity index (χ0n) is 14.2. The van der Waals surface area contributed by atoms with Gasteiger partial charge < -0.3 is 14.9 Å². The van der Waals surface area contributed by atoms with Crippen LogP contribution in [0.1, 0.15) is 32.1 Å². The monoisotopic (exact) mass is 334 g/mol. The largest absolute Gasteiger partial charge is 0.383 e. The summed E-state index contributed by atoms with van der Waals surface area (Å²) in [5.74, 6) is -0.0192. The van der Waals surface area contributed by atoms with E-state index in [2.05, 4.69) is 10.00 Å². The highest BCUT2D eigenvalue weighted by Gasteiger charge is 2.32. The molecule has 0 unspecified atom stereocenters. The van der Waals surface area contributed by atoms with E-state index >= 15 is 0 Å². The molecule has 7 nitrogen and oxygen atoms in total. The fourth-order valence-electron chi connectivity index (χ4n) is 3.66. The molecule has 2 aliphatic rings. The van der Waals surface area contributed by atoms with E-state index in [9.17, 15) is 14.7 Å². The summed E-state index contributed by atoms with van der Waals surface area (Å²) >= 11 is 0. The number of aryl methyl sites for hydroxylation is 1. The van der Waals surface area contributed by atoms with Gasteiger partial charge in [-0.3, -0.25) is 9.59 Å². The molecule has 1 saturated heterocycles. The molecular formula is C17H26N4O3. The van der Waals surface area contributed by atoms with Crippen LogP contribution >= 0.6 is 0 Å². The summed E-state index contributed by atoms with van der Waals surface area (Å²) < 4.78 is 1.30. The summed E-state index contributed by atoms with van der Waals surface area (Å²) in [6, 6.07) is 1.57. The first-order chi connectivity index (χ1) is 11.6. The number of carbonyl (C=O) groups is 1. The maximum Gasteiger partial charge on any atom is 0.268 e. The summed E-state index contributed by atoms with van der Waals surface area (Å²) in [5.41, 5.74) is 0.650. The highest BCUT2D eigenvalue weighted by atomic mass is 16.3. The van der Waals surface area contributed by atoms with E-state index in [-0.39, 0.29) is 17.4 Å². The van der Waals surface area contributed by atoms with Crippen molar-refractivity contribution in [3.05, 3.63) is 22.6 Å². The fraction of sp³-hybridized carbons (Fsp3) is 0.706. The van der Waals surface area contributed by atoms with Gasteiger partial charge in [-0.05, 0) is 18.8 Å². The van der Waals surface area contributed by atoms with Crippen molar-refractivity contribution >= 4 is 11.6 Å². The smallest absolute Gasteiger partial charge is 0.268 e. The van der Waals surface area contributed by atoms with Crippen LogP contribution in [0.15, 0.2) is 17.1 Å². The molecular weight excluding hydrogens is 308 g/mol. The molecule has 7 heteroatoms. The van der Waals surface area contributed by atoms with Crippen molar-refractivity contribution in [2.45, 2.75) is 38.2 Å². The number of rotatable bonds is 3. The molecule has 1 saturated carbocycles. The second kappa shape index (κ2) is 7.34. The minimum Gasteiger partial charge on any atom is -0.383 e. The fourth-order valence-corrected chi connectivity index (χ4v) is 3.66. The standard InChI is InChI=1S/C17H26N4O3/c1-19-15(22)11-14(12-18-19)20-7-9-21(10-8-20)17(24)16(23)13-5-3-2-4-6-13/h11-13,16,23H,2-10H2,1H3/t16-/m1/s1. The van der Waals surface area contributed by atoms with E-state index in [4.69, 9.17) is 0 Å². The van der Waals surface area contributed by atoms with Crippen LogP contribution in [0, 0.1) is 5.92 Å². The maximum absolute atomic E-state index is 12.5. The molecule has 0 aromatic carbocycles. The van der Waals surface area contributed by atoms with E-state index in [1.807, 2.05) is 0 Å². The van der Waals surface area contributed by atoms with Gasteiger partial charge in [0.25, 0.3) is 11.5 Å². The van der Waals surface area contributed by atoms with E-state index in [0.29, 0.717) is 26.2 Å². The Bertz CT molecular complexity index is 631. The lowest BCUT2D eigenvalue weighted by atomic mass is 9.85. The van der Waals surface area contributed by atoms with Crippen molar-refractivity contribution in [2.75, 3.05) is 31.1 Å². The lowest BCUT2D eigenvalue weighted by Gasteiger charge is -2.38. The van der Waals surface area contributed by atoms with Crippen LogP contribution in [0.25, 0.3) is 0 Å². The molecule has 0 spiro atoms. The Labute approximate surface area is 141 Å². The van der Waals surface area contributed by atoms with Crippen LogP contribution in [0.4, 0.5) is 5.69 Å². The van der Waals surface area contributed by atoms with Gasteiger partial charge in [-0.15, -0.1) is 0 Å². The molecule has 0 bridgehead atoms. The number of aliphatic hydroxyl groups excluding tert-OH is 1. The highest BCUT2D eigenvalue weighted by Crippen LogP contribution is 2.27. The number of aliphatic hydroxyl groups is 1. The average Bonchev–Trinajstić information content (AvgIpc) is 2.63. The maximum atomic E-state index is 12.5. The van der Waals surface area contributed by atoms with Crippen LogP contribution in [0.5, 0.6) is 0 Å². The molecule has 1 amide bonds. The summed E-state index contributed by atoms with van der Waals surface area (Å²) in [7, 11) is 1.62. The minimum absolute atomic E-state index is 0.116. The van der Waals surface area contributed by atoms with Crippen LogP contribution < -0.4 is 10.5 Å². The molecule has 0 radical (unpaired) electrons. The lowest BCUT2D eigenvalue weighted by molar-refractivity contribution is -0.144. The van der Waals surface area contributed by atoms with Crippen LogP contribution in [0.2, 0.25) is 0 Å². The molecule has 1 aliphatic carbocycles. The van der Waals surface area contributed by atoms with Crippen LogP contribution in [-0.4, -0.2) is 58.0 Å². The normalized spacial score (nSPS) is 20.9. The number of piperazine rings is 1. The van der Waals surface area contributed by atoms with Crippen LogP contribution in [0.3, 0.4) is 0 Å². The van der Waals surface area contributed by atoms with Crippen molar-refractivity contribution in [1.29, 1.82) is 0 Å². The van der Waals surface area contributed by atoms with Gasteiger partial charge in [0.2, 0.25) is 0 Å². The molecule has 1 N–H and O–H groups in total. The number of hydrogen-bond donors (Lipinski definition) is 1. The van der Waals surface area contributed by atoms with Crippen molar-refractivity contribution in [3.8, 4) is 0 Å². The lowest BCUT2D eigenvalue weighted by Crippen LogP contribution is -2.53. The average molecular weight is 334 g/mol. The summed E-state index contributed by atoms with van der Waals surface area (Å²) in [6.45, 7) is 2.44. The summed E-state index contributed by atoms with van der Waals surface area (Å²) in [5, 5.41) is 14.4. The molecule has 1 atom stereocenters. The first-order valence-electron chi connectivity index (χ1n) is 8.81. The molecule has 1 aliphatic heterocycles. The third-order valence-corrected chi connectivity index (χ3v) is 5.26. The van der Waals surface area contributed by atoms with E-state index in [0.717, 1.165) is 31.4 Å². The van der Waals surface area contributed by atoms with Crippen molar-refractivity contribution in [3.63, 3.8) is 0 Å². The van der Waals surface area contributed by atoms with Gasteiger partial charge in [-0.25, -0.2) is 4.68 Å². The molecule has 132 valence electrons. The molecule has 24 heavy (non-hydrogen) atoms. The third-order valence-electron chi connectivity index (χ3n) is 5.26.